The molecule has 0 heterocycles. The number of rotatable bonds is 5. The summed E-state index contributed by atoms with van der Waals surface area (Å²) in [6, 6.07) is -0.132. The van der Waals surface area contributed by atoms with Crippen molar-refractivity contribution in [2.45, 2.75) is 26.8 Å². The summed E-state index contributed by atoms with van der Waals surface area (Å²) in [7, 11) is -3.47. The zero-order chi connectivity index (χ0) is 8.91. The van der Waals surface area contributed by atoms with Crippen molar-refractivity contribution in [1.29, 1.82) is 0 Å². The molecular formula is C5H14N2O3S. The summed E-state index contributed by atoms with van der Waals surface area (Å²) in [5.41, 5.74) is 0. The van der Waals surface area contributed by atoms with Gasteiger partial charge in [0.1, 0.15) is 0 Å². The van der Waals surface area contributed by atoms with Crippen LogP contribution in [0, 0.1) is 0 Å². The Balaban J connectivity index is 3.82. The Bertz CT molecular complexity index is 188. The summed E-state index contributed by atoms with van der Waals surface area (Å²) in [6.45, 7) is 5.45. The van der Waals surface area contributed by atoms with Gasteiger partial charge in [0.2, 0.25) is 0 Å². The summed E-state index contributed by atoms with van der Waals surface area (Å²) >= 11 is 0. The van der Waals surface area contributed by atoms with E-state index < -0.39 is 10.2 Å². The number of nitrogens with one attached hydrogen (secondary N) is 2. The van der Waals surface area contributed by atoms with Crippen LogP contribution in [0.15, 0.2) is 0 Å². The molecule has 11 heavy (non-hydrogen) atoms. The van der Waals surface area contributed by atoms with Crippen LogP contribution in [0.3, 0.4) is 0 Å². The van der Waals surface area contributed by atoms with E-state index in [1.165, 1.54) is 0 Å². The second kappa shape index (κ2) is 4.66. The minimum Gasteiger partial charge on any atom is -0.286 e. The van der Waals surface area contributed by atoms with Crippen molar-refractivity contribution in [3.8, 4) is 0 Å². The first kappa shape index (κ1) is 10.8. The van der Waals surface area contributed by atoms with Gasteiger partial charge in [-0.2, -0.15) is 13.1 Å². The van der Waals surface area contributed by atoms with Gasteiger partial charge in [0.25, 0.3) is 10.2 Å². The Morgan fingerprint density at radius 2 is 2.00 bits per heavy atom. The van der Waals surface area contributed by atoms with Crippen LogP contribution in [-0.4, -0.2) is 21.1 Å². The molecule has 0 aromatic rings. The quantitative estimate of drug-likeness (QED) is 0.577. The van der Waals surface area contributed by atoms with E-state index in [2.05, 4.69) is 9.56 Å². The van der Waals surface area contributed by atoms with Crippen LogP contribution in [0.25, 0.3) is 0 Å². The second-order valence-electron chi connectivity index (χ2n) is 2.29. The van der Waals surface area contributed by atoms with Crippen molar-refractivity contribution >= 4 is 10.2 Å². The van der Waals surface area contributed by atoms with Crippen molar-refractivity contribution in [3.05, 3.63) is 0 Å². The summed E-state index contributed by atoms with van der Waals surface area (Å²) in [5.74, 6) is 0. The fourth-order valence-electron chi connectivity index (χ4n) is 0.471. The first-order valence-electron chi connectivity index (χ1n) is 3.38. The van der Waals surface area contributed by atoms with Crippen molar-refractivity contribution in [1.82, 2.24) is 9.61 Å². The average Bonchev–Trinajstić information content (AvgIpc) is 1.81. The van der Waals surface area contributed by atoms with Crippen LogP contribution in [0.1, 0.15) is 20.8 Å². The highest BCUT2D eigenvalue weighted by Crippen LogP contribution is 1.82. The lowest BCUT2D eigenvalue weighted by molar-refractivity contribution is 0.104. The van der Waals surface area contributed by atoms with Crippen LogP contribution >= 0.6 is 0 Å². The molecule has 0 unspecified atom stereocenters. The fraction of sp³-hybridized carbons (Fsp3) is 1.00. The Hall–Kier alpha value is -0.170. The van der Waals surface area contributed by atoms with Crippen LogP contribution in [0.2, 0.25) is 0 Å². The Morgan fingerprint density at radius 1 is 1.45 bits per heavy atom. The normalized spacial score (nSPS) is 12.4. The number of hydrogen-bond donors (Lipinski definition) is 2. The highest BCUT2D eigenvalue weighted by Gasteiger charge is 2.09. The molecule has 0 amide bonds. The molecule has 0 radical (unpaired) electrons. The molecule has 6 heteroatoms. The second-order valence-corrected chi connectivity index (χ2v) is 3.70. The first-order valence-corrected chi connectivity index (χ1v) is 4.87. The van der Waals surface area contributed by atoms with Crippen LogP contribution in [0.5, 0.6) is 0 Å². The maximum atomic E-state index is 10.9. The van der Waals surface area contributed by atoms with E-state index >= 15 is 0 Å². The van der Waals surface area contributed by atoms with Gasteiger partial charge in [-0.25, -0.2) is 0 Å². The van der Waals surface area contributed by atoms with E-state index in [0.717, 1.165) is 0 Å². The first-order chi connectivity index (χ1) is 4.98. The zero-order valence-electron chi connectivity index (χ0n) is 6.92. The van der Waals surface area contributed by atoms with E-state index in [9.17, 15) is 8.42 Å². The molecule has 5 nitrogen and oxygen atoms in total. The SMILES string of the molecule is CCONS(=O)(=O)NC(C)C. The topological polar surface area (TPSA) is 67.4 Å². The molecule has 0 aliphatic heterocycles. The predicted molar refractivity (Wildman–Crippen MR) is 42.0 cm³/mol. The molecule has 0 fully saturated rings. The highest BCUT2D eigenvalue weighted by molar-refractivity contribution is 7.87. The average molecular weight is 182 g/mol. The molecule has 2 N–H and O–H groups in total. The predicted octanol–water partition coefficient (Wildman–Crippen LogP) is -0.230. The lowest BCUT2D eigenvalue weighted by atomic mass is 10.4. The third kappa shape index (κ3) is 6.24. The maximum Gasteiger partial charge on any atom is 0.299 e. The van der Waals surface area contributed by atoms with Crippen molar-refractivity contribution in [2.75, 3.05) is 6.61 Å². The minimum absolute atomic E-state index is 0.132. The van der Waals surface area contributed by atoms with Gasteiger partial charge in [-0.05, 0) is 20.8 Å². The van der Waals surface area contributed by atoms with E-state index in [1.807, 2.05) is 4.89 Å². The highest BCUT2D eigenvalue weighted by atomic mass is 32.2. The van der Waals surface area contributed by atoms with Gasteiger partial charge in [-0.3, -0.25) is 4.84 Å². The molecule has 0 aromatic carbocycles. The summed E-state index contributed by atoms with van der Waals surface area (Å²) in [5, 5.41) is 0. The maximum absolute atomic E-state index is 10.9. The molecule has 0 rings (SSSR count). The molecular weight excluding hydrogens is 168 g/mol. The minimum atomic E-state index is -3.47. The summed E-state index contributed by atoms with van der Waals surface area (Å²) < 4.78 is 24.0. The Kier molecular flexibility index (Phi) is 4.58. The fourth-order valence-corrected chi connectivity index (χ4v) is 1.41. The van der Waals surface area contributed by atoms with Gasteiger partial charge in [-0.15, -0.1) is 0 Å². The van der Waals surface area contributed by atoms with Crippen molar-refractivity contribution in [3.63, 3.8) is 0 Å². The van der Waals surface area contributed by atoms with Crippen LogP contribution < -0.4 is 9.61 Å². The molecule has 0 saturated heterocycles. The molecule has 0 bridgehead atoms. The Morgan fingerprint density at radius 3 is 2.36 bits per heavy atom. The molecule has 0 aliphatic rings. The smallest absolute Gasteiger partial charge is 0.286 e. The molecule has 0 saturated carbocycles. The van der Waals surface area contributed by atoms with E-state index in [4.69, 9.17) is 0 Å². The van der Waals surface area contributed by atoms with Gasteiger partial charge in [0.05, 0.1) is 6.61 Å². The van der Waals surface area contributed by atoms with Gasteiger partial charge in [0.15, 0.2) is 0 Å². The Labute approximate surface area is 67.3 Å². The third-order valence-corrected chi connectivity index (χ3v) is 1.82. The van der Waals surface area contributed by atoms with Gasteiger partial charge < -0.3 is 0 Å². The molecule has 0 aromatic heterocycles. The van der Waals surface area contributed by atoms with E-state index in [0.29, 0.717) is 6.61 Å². The lowest BCUT2D eigenvalue weighted by Crippen LogP contribution is -2.40. The third-order valence-electron chi connectivity index (χ3n) is 0.704. The lowest BCUT2D eigenvalue weighted by Gasteiger charge is -2.08. The molecule has 0 atom stereocenters. The largest absolute Gasteiger partial charge is 0.299 e. The van der Waals surface area contributed by atoms with Gasteiger partial charge in [0, 0.05) is 6.04 Å². The van der Waals surface area contributed by atoms with Crippen LogP contribution in [-0.2, 0) is 15.0 Å². The van der Waals surface area contributed by atoms with Gasteiger partial charge in [-0.1, -0.05) is 4.89 Å². The van der Waals surface area contributed by atoms with Crippen molar-refractivity contribution in [2.24, 2.45) is 0 Å². The van der Waals surface area contributed by atoms with Crippen molar-refractivity contribution < 1.29 is 13.3 Å². The zero-order valence-corrected chi connectivity index (χ0v) is 7.73. The van der Waals surface area contributed by atoms with E-state index in [-0.39, 0.29) is 6.04 Å². The molecule has 0 spiro atoms. The summed E-state index contributed by atoms with van der Waals surface area (Å²) in [4.78, 5) is 6.40. The van der Waals surface area contributed by atoms with E-state index in [1.54, 1.807) is 20.8 Å². The monoisotopic (exact) mass is 182 g/mol. The summed E-state index contributed by atoms with van der Waals surface area (Å²) in [6.07, 6.45) is 0. The van der Waals surface area contributed by atoms with Crippen LogP contribution in [0.4, 0.5) is 0 Å². The number of hydrogen-bond acceptors (Lipinski definition) is 3. The molecule has 68 valence electrons. The molecule has 0 aliphatic carbocycles. The standard InChI is InChI=1S/C5H14N2O3S/c1-4-10-7-11(8,9)6-5(2)3/h5-7H,4H2,1-3H3. The van der Waals surface area contributed by atoms with Gasteiger partial charge >= 0.3 is 0 Å².